The number of ether oxygens (including phenoxy) is 1. The third kappa shape index (κ3) is 2.94. The molecule has 2 nitrogen and oxygen atoms in total. The summed E-state index contributed by atoms with van der Waals surface area (Å²) < 4.78 is 5.41. The van der Waals surface area contributed by atoms with Crippen LogP contribution in [0.3, 0.4) is 0 Å². The summed E-state index contributed by atoms with van der Waals surface area (Å²) >= 11 is 0. The highest BCUT2D eigenvalue weighted by Gasteiger charge is 2.35. The van der Waals surface area contributed by atoms with Gasteiger partial charge in [-0.05, 0) is 43.4 Å². The van der Waals surface area contributed by atoms with Crippen LogP contribution >= 0.6 is 0 Å². The Labute approximate surface area is 116 Å². The van der Waals surface area contributed by atoms with Gasteiger partial charge in [0.05, 0.1) is 7.11 Å². The lowest BCUT2D eigenvalue weighted by Gasteiger charge is -2.38. The van der Waals surface area contributed by atoms with Crippen LogP contribution in [0.4, 0.5) is 0 Å². The molecule has 2 aliphatic rings. The molecule has 0 bridgehead atoms. The zero-order valence-corrected chi connectivity index (χ0v) is 12.0. The molecule has 0 unspecified atom stereocenters. The molecular weight excluding hydrogens is 234 g/mol. The largest absolute Gasteiger partial charge is 0.497 e. The monoisotopic (exact) mass is 259 g/mol. The second-order valence-corrected chi connectivity index (χ2v) is 6.23. The molecule has 0 saturated heterocycles. The van der Waals surface area contributed by atoms with Crippen LogP contribution in [-0.2, 0) is 5.41 Å². The lowest BCUT2D eigenvalue weighted by atomic mass is 9.69. The van der Waals surface area contributed by atoms with Gasteiger partial charge >= 0.3 is 0 Å². The maximum Gasteiger partial charge on any atom is 0.119 e. The summed E-state index contributed by atoms with van der Waals surface area (Å²) in [6, 6.07) is 9.53. The molecule has 0 aliphatic heterocycles. The molecule has 0 heterocycles. The van der Waals surface area contributed by atoms with E-state index < -0.39 is 0 Å². The van der Waals surface area contributed by atoms with E-state index in [1.54, 1.807) is 7.11 Å². The van der Waals surface area contributed by atoms with Gasteiger partial charge in [-0.2, -0.15) is 0 Å². The van der Waals surface area contributed by atoms with Crippen LogP contribution in [0, 0.1) is 0 Å². The average molecular weight is 259 g/mol. The summed E-state index contributed by atoms with van der Waals surface area (Å²) in [4.78, 5) is 0. The molecule has 1 aromatic carbocycles. The minimum Gasteiger partial charge on any atom is -0.497 e. The van der Waals surface area contributed by atoms with E-state index in [-0.39, 0.29) is 0 Å². The Kier molecular flexibility index (Phi) is 3.79. The Morgan fingerprint density at radius 3 is 2.68 bits per heavy atom. The van der Waals surface area contributed by atoms with E-state index in [1.807, 2.05) is 6.07 Å². The van der Waals surface area contributed by atoms with Crippen LogP contribution in [0.25, 0.3) is 0 Å². The van der Waals surface area contributed by atoms with Gasteiger partial charge in [0.15, 0.2) is 0 Å². The third-order valence-electron chi connectivity index (χ3n) is 4.80. The highest BCUT2D eigenvalue weighted by molar-refractivity contribution is 5.34. The predicted molar refractivity (Wildman–Crippen MR) is 78.8 cm³/mol. The van der Waals surface area contributed by atoms with Crippen molar-refractivity contribution >= 4 is 0 Å². The number of nitrogens with one attached hydrogen (secondary N) is 1. The van der Waals surface area contributed by atoms with E-state index in [0.29, 0.717) is 5.41 Å². The van der Waals surface area contributed by atoms with Crippen LogP contribution in [0.1, 0.15) is 50.5 Å². The summed E-state index contributed by atoms with van der Waals surface area (Å²) in [5.41, 5.74) is 1.81. The molecule has 2 saturated carbocycles. The van der Waals surface area contributed by atoms with E-state index in [0.717, 1.165) is 18.3 Å². The van der Waals surface area contributed by atoms with Crippen LogP contribution in [0.5, 0.6) is 5.75 Å². The molecule has 1 aromatic rings. The van der Waals surface area contributed by atoms with E-state index in [4.69, 9.17) is 4.74 Å². The van der Waals surface area contributed by atoms with Crippen molar-refractivity contribution in [1.29, 1.82) is 0 Å². The minimum atomic E-state index is 0.343. The minimum absolute atomic E-state index is 0.343. The molecule has 0 radical (unpaired) electrons. The van der Waals surface area contributed by atoms with Crippen LogP contribution in [-0.4, -0.2) is 19.7 Å². The Morgan fingerprint density at radius 1 is 1.21 bits per heavy atom. The van der Waals surface area contributed by atoms with Gasteiger partial charge in [-0.1, -0.05) is 31.4 Å². The maximum atomic E-state index is 5.41. The first kappa shape index (κ1) is 13.0. The summed E-state index contributed by atoms with van der Waals surface area (Å²) in [5.74, 6) is 0.994. The van der Waals surface area contributed by atoms with Crippen molar-refractivity contribution in [1.82, 2.24) is 5.32 Å². The van der Waals surface area contributed by atoms with E-state index in [2.05, 4.69) is 23.5 Å². The first-order valence-corrected chi connectivity index (χ1v) is 7.70. The van der Waals surface area contributed by atoms with Gasteiger partial charge in [-0.15, -0.1) is 0 Å². The Balaban J connectivity index is 1.82. The molecule has 1 N–H and O–H groups in total. The predicted octanol–water partition coefficient (Wildman–Crippen LogP) is 3.65. The second-order valence-electron chi connectivity index (χ2n) is 6.23. The van der Waals surface area contributed by atoms with Crippen LogP contribution in [0.15, 0.2) is 24.3 Å². The first-order chi connectivity index (χ1) is 9.32. The fourth-order valence-corrected chi connectivity index (χ4v) is 3.38. The number of hydrogen-bond donors (Lipinski definition) is 1. The zero-order valence-electron chi connectivity index (χ0n) is 12.0. The highest BCUT2D eigenvalue weighted by atomic mass is 16.5. The van der Waals surface area contributed by atoms with Crippen molar-refractivity contribution in [2.24, 2.45) is 0 Å². The zero-order chi connectivity index (χ0) is 13.1. The van der Waals surface area contributed by atoms with Crippen molar-refractivity contribution in [3.63, 3.8) is 0 Å². The van der Waals surface area contributed by atoms with Crippen LogP contribution in [0.2, 0.25) is 0 Å². The summed E-state index contributed by atoms with van der Waals surface area (Å²) in [6.07, 6.45) is 9.50. The van der Waals surface area contributed by atoms with Crippen molar-refractivity contribution in [3.8, 4) is 5.75 Å². The number of hydrogen-bond acceptors (Lipinski definition) is 2. The third-order valence-corrected chi connectivity index (χ3v) is 4.80. The summed E-state index contributed by atoms with van der Waals surface area (Å²) in [6.45, 7) is 1.14. The van der Waals surface area contributed by atoms with Crippen molar-refractivity contribution < 1.29 is 4.74 Å². The molecular formula is C17H25NO. The molecule has 0 amide bonds. The van der Waals surface area contributed by atoms with Gasteiger partial charge in [0.25, 0.3) is 0 Å². The Bertz CT molecular complexity index is 419. The fourth-order valence-electron chi connectivity index (χ4n) is 3.38. The normalized spacial score (nSPS) is 22.2. The standard InChI is InChI=1S/C17H25NO/c1-19-16-7-5-6-14(12-16)17(10-3-2-4-11-17)13-18-15-8-9-15/h5-7,12,15,18H,2-4,8-11,13H2,1H3. The fraction of sp³-hybridized carbons (Fsp3) is 0.647. The van der Waals surface area contributed by atoms with Crippen LogP contribution < -0.4 is 10.1 Å². The molecule has 0 atom stereocenters. The summed E-state index contributed by atoms with van der Waals surface area (Å²) in [5, 5.41) is 3.76. The number of methoxy groups -OCH3 is 1. The SMILES string of the molecule is COc1cccc(C2(CNC3CC3)CCCCC2)c1. The molecule has 2 heteroatoms. The van der Waals surface area contributed by atoms with E-state index in [1.165, 1.54) is 50.5 Å². The smallest absolute Gasteiger partial charge is 0.119 e. The molecule has 19 heavy (non-hydrogen) atoms. The van der Waals surface area contributed by atoms with Gasteiger partial charge in [-0.25, -0.2) is 0 Å². The van der Waals surface area contributed by atoms with E-state index >= 15 is 0 Å². The lowest BCUT2D eigenvalue weighted by Crippen LogP contribution is -2.40. The molecule has 104 valence electrons. The molecule has 0 aromatic heterocycles. The first-order valence-electron chi connectivity index (χ1n) is 7.70. The average Bonchev–Trinajstić information content (AvgIpc) is 3.30. The van der Waals surface area contributed by atoms with Crippen molar-refractivity contribution in [3.05, 3.63) is 29.8 Å². The van der Waals surface area contributed by atoms with Gasteiger partial charge in [0.1, 0.15) is 5.75 Å². The highest BCUT2D eigenvalue weighted by Crippen LogP contribution is 2.40. The van der Waals surface area contributed by atoms with E-state index in [9.17, 15) is 0 Å². The van der Waals surface area contributed by atoms with Gasteiger partial charge < -0.3 is 10.1 Å². The number of benzene rings is 1. The van der Waals surface area contributed by atoms with Crippen molar-refractivity contribution in [2.45, 2.75) is 56.4 Å². The molecule has 3 rings (SSSR count). The Morgan fingerprint density at radius 2 is 2.00 bits per heavy atom. The molecule has 2 fully saturated rings. The van der Waals surface area contributed by atoms with Gasteiger partial charge in [0.2, 0.25) is 0 Å². The van der Waals surface area contributed by atoms with Gasteiger partial charge in [0, 0.05) is 18.0 Å². The maximum absolute atomic E-state index is 5.41. The second kappa shape index (κ2) is 5.54. The molecule has 2 aliphatic carbocycles. The lowest BCUT2D eigenvalue weighted by molar-refractivity contribution is 0.278. The Hall–Kier alpha value is -1.02. The molecule has 0 spiro atoms. The quantitative estimate of drug-likeness (QED) is 0.871. The van der Waals surface area contributed by atoms with Gasteiger partial charge in [-0.3, -0.25) is 0 Å². The topological polar surface area (TPSA) is 21.3 Å². The van der Waals surface area contributed by atoms with Crippen molar-refractivity contribution in [2.75, 3.05) is 13.7 Å². The number of rotatable bonds is 5. The summed E-state index contributed by atoms with van der Waals surface area (Å²) in [7, 11) is 1.76.